The molecule has 0 bridgehead atoms. The second-order valence-corrected chi connectivity index (χ2v) is 9.00. The van der Waals surface area contributed by atoms with Crippen LogP contribution in [0, 0.1) is 12.8 Å². The van der Waals surface area contributed by atoms with Gasteiger partial charge in [-0.25, -0.2) is 0 Å². The van der Waals surface area contributed by atoms with E-state index in [2.05, 4.69) is 55.0 Å². The number of hydrogen-bond donors (Lipinski definition) is 1. The van der Waals surface area contributed by atoms with Crippen molar-refractivity contribution < 1.29 is 9.53 Å². The molecule has 30 heavy (non-hydrogen) atoms. The summed E-state index contributed by atoms with van der Waals surface area (Å²) in [6.07, 6.45) is 2.91. The monoisotopic (exact) mass is 410 g/mol. The SMILES string of the molecule is Cc1ccccc1CN[C@H]1CCc2c(c(C(=O)N3CCOCC3)nn2CC(C)C)C1. The van der Waals surface area contributed by atoms with Crippen LogP contribution in [-0.4, -0.2) is 52.9 Å². The smallest absolute Gasteiger partial charge is 0.274 e. The number of ether oxygens (including phenoxy) is 1. The maximum absolute atomic E-state index is 13.3. The molecule has 6 heteroatoms. The molecule has 4 rings (SSSR count). The van der Waals surface area contributed by atoms with E-state index in [1.165, 1.54) is 16.8 Å². The molecule has 0 radical (unpaired) electrons. The Bertz CT molecular complexity index is 883. The molecule has 1 aliphatic carbocycles. The third-order valence-electron chi connectivity index (χ3n) is 6.23. The summed E-state index contributed by atoms with van der Waals surface area (Å²) >= 11 is 0. The average Bonchev–Trinajstić information content (AvgIpc) is 3.10. The Morgan fingerprint density at radius 1 is 1.27 bits per heavy atom. The summed E-state index contributed by atoms with van der Waals surface area (Å²) in [6, 6.07) is 8.89. The van der Waals surface area contributed by atoms with Crippen LogP contribution in [0.3, 0.4) is 0 Å². The van der Waals surface area contributed by atoms with E-state index in [0.717, 1.165) is 37.9 Å². The fourth-order valence-electron chi connectivity index (χ4n) is 4.51. The van der Waals surface area contributed by atoms with Gasteiger partial charge in [0.25, 0.3) is 5.91 Å². The van der Waals surface area contributed by atoms with Crippen molar-refractivity contribution in [3.8, 4) is 0 Å². The predicted octanol–water partition coefficient (Wildman–Crippen LogP) is 2.97. The number of fused-ring (bicyclic) bond motifs is 1. The van der Waals surface area contributed by atoms with E-state index in [9.17, 15) is 4.79 Å². The van der Waals surface area contributed by atoms with Crippen LogP contribution in [0.4, 0.5) is 0 Å². The Morgan fingerprint density at radius 2 is 2.03 bits per heavy atom. The van der Waals surface area contributed by atoms with Gasteiger partial charge in [-0.1, -0.05) is 38.1 Å². The van der Waals surface area contributed by atoms with E-state index in [0.29, 0.717) is 44.0 Å². The van der Waals surface area contributed by atoms with Crippen molar-refractivity contribution in [3.05, 3.63) is 52.3 Å². The Balaban J connectivity index is 1.53. The van der Waals surface area contributed by atoms with Crippen LogP contribution in [0.2, 0.25) is 0 Å². The highest BCUT2D eigenvalue weighted by molar-refractivity contribution is 5.94. The number of nitrogens with one attached hydrogen (secondary N) is 1. The van der Waals surface area contributed by atoms with Crippen molar-refractivity contribution in [2.45, 2.75) is 59.2 Å². The number of aryl methyl sites for hydroxylation is 1. The van der Waals surface area contributed by atoms with Crippen molar-refractivity contribution >= 4 is 5.91 Å². The molecule has 0 unspecified atom stereocenters. The minimum atomic E-state index is 0.0663. The van der Waals surface area contributed by atoms with E-state index in [4.69, 9.17) is 9.84 Å². The maximum atomic E-state index is 13.3. The summed E-state index contributed by atoms with van der Waals surface area (Å²) in [5.74, 6) is 0.564. The Morgan fingerprint density at radius 3 is 2.77 bits per heavy atom. The minimum Gasteiger partial charge on any atom is -0.378 e. The highest BCUT2D eigenvalue weighted by Gasteiger charge is 2.31. The summed E-state index contributed by atoms with van der Waals surface area (Å²) in [7, 11) is 0. The molecule has 1 aromatic carbocycles. The summed E-state index contributed by atoms with van der Waals surface area (Å²) in [5, 5.41) is 8.56. The zero-order valence-electron chi connectivity index (χ0n) is 18.5. The van der Waals surface area contributed by atoms with Crippen LogP contribution in [0.5, 0.6) is 0 Å². The van der Waals surface area contributed by atoms with E-state index >= 15 is 0 Å². The average molecular weight is 411 g/mol. The standard InChI is InChI=1S/C24H34N4O2/c1-17(2)16-28-22-9-8-20(25-15-19-7-5-4-6-18(19)3)14-21(22)23(26-28)24(29)27-10-12-30-13-11-27/h4-7,17,20,25H,8-16H2,1-3H3/t20-/m0/s1. The molecule has 1 fully saturated rings. The third-order valence-corrected chi connectivity index (χ3v) is 6.23. The number of amides is 1. The van der Waals surface area contributed by atoms with Crippen LogP contribution in [0.25, 0.3) is 0 Å². The number of aromatic nitrogens is 2. The molecular formula is C24H34N4O2. The number of carbonyl (C=O) groups is 1. The molecule has 1 amide bonds. The van der Waals surface area contributed by atoms with Gasteiger partial charge >= 0.3 is 0 Å². The lowest BCUT2D eigenvalue weighted by atomic mass is 9.90. The lowest BCUT2D eigenvalue weighted by Gasteiger charge is -2.28. The highest BCUT2D eigenvalue weighted by atomic mass is 16.5. The molecule has 6 nitrogen and oxygen atoms in total. The number of benzene rings is 1. The number of nitrogens with zero attached hydrogens (tertiary/aromatic N) is 3. The molecule has 0 saturated carbocycles. The maximum Gasteiger partial charge on any atom is 0.274 e. The molecule has 1 aromatic heterocycles. The minimum absolute atomic E-state index is 0.0663. The van der Waals surface area contributed by atoms with Gasteiger partial charge in [0.15, 0.2) is 5.69 Å². The molecular weight excluding hydrogens is 376 g/mol. The van der Waals surface area contributed by atoms with Gasteiger partial charge in [-0.2, -0.15) is 5.10 Å². The van der Waals surface area contributed by atoms with Gasteiger partial charge in [-0.15, -0.1) is 0 Å². The quantitative estimate of drug-likeness (QED) is 0.795. The number of carbonyl (C=O) groups excluding carboxylic acids is 1. The van der Waals surface area contributed by atoms with Crippen LogP contribution in [0.1, 0.15) is 53.1 Å². The van der Waals surface area contributed by atoms with Crippen molar-refractivity contribution in [1.82, 2.24) is 20.0 Å². The first-order valence-electron chi connectivity index (χ1n) is 11.3. The van der Waals surface area contributed by atoms with Crippen LogP contribution in [-0.2, 0) is 30.7 Å². The summed E-state index contributed by atoms with van der Waals surface area (Å²) in [4.78, 5) is 15.2. The van der Waals surface area contributed by atoms with Crippen LogP contribution < -0.4 is 5.32 Å². The second-order valence-electron chi connectivity index (χ2n) is 9.00. The van der Waals surface area contributed by atoms with Gasteiger partial charge in [-0.3, -0.25) is 9.48 Å². The lowest BCUT2D eigenvalue weighted by Crippen LogP contribution is -2.41. The van der Waals surface area contributed by atoms with Crippen molar-refractivity contribution in [2.24, 2.45) is 5.92 Å². The van der Waals surface area contributed by atoms with Crippen molar-refractivity contribution in [2.75, 3.05) is 26.3 Å². The molecule has 1 N–H and O–H groups in total. The van der Waals surface area contributed by atoms with Crippen LogP contribution >= 0.6 is 0 Å². The molecule has 2 aliphatic rings. The molecule has 0 spiro atoms. The number of morpholine rings is 1. The van der Waals surface area contributed by atoms with E-state index in [1.54, 1.807) is 0 Å². The predicted molar refractivity (Wildman–Crippen MR) is 118 cm³/mol. The first kappa shape index (κ1) is 21.1. The van der Waals surface area contributed by atoms with Gasteiger partial charge in [0, 0.05) is 43.5 Å². The number of hydrogen-bond acceptors (Lipinski definition) is 4. The third kappa shape index (κ3) is 4.60. The van der Waals surface area contributed by atoms with Gasteiger partial charge in [0.05, 0.1) is 13.2 Å². The van der Waals surface area contributed by atoms with E-state index in [1.807, 2.05) is 4.90 Å². The van der Waals surface area contributed by atoms with Crippen LogP contribution in [0.15, 0.2) is 24.3 Å². The first-order valence-corrected chi connectivity index (χ1v) is 11.3. The fraction of sp³-hybridized carbons (Fsp3) is 0.583. The Hall–Kier alpha value is -2.18. The molecule has 2 aromatic rings. The first-order chi connectivity index (χ1) is 14.5. The second kappa shape index (κ2) is 9.31. The topological polar surface area (TPSA) is 59.4 Å². The largest absolute Gasteiger partial charge is 0.378 e. The molecule has 162 valence electrons. The summed E-state index contributed by atoms with van der Waals surface area (Å²) in [6.45, 7) is 10.8. The lowest BCUT2D eigenvalue weighted by molar-refractivity contribution is 0.0297. The van der Waals surface area contributed by atoms with Gasteiger partial charge in [0.1, 0.15) is 0 Å². The molecule has 1 aliphatic heterocycles. The molecule has 1 saturated heterocycles. The van der Waals surface area contributed by atoms with E-state index in [-0.39, 0.29) is 5.91 Å². The number of rotatable bonds is 6. The zero-order chi connectivity index (χ0) is 21.1. The van der Waals surface area contributed by atoms with Gasteiger partial charge in [-0.05, 0) is 43.2 Å². The fourth-order valence-corrected chi connectivity index (χ4v) is 4.51. The van der Waals surface area contributed by atoms with Crippen molar-refractivity contribution in [1.29, 1.82) is 0 Å². The van der Waals surface area contributed by atoms with Gasteiger partial charge < -0.3 is 15.0 Å². The van der Waals surface area contributed by atoms with Crippen molar-refractivity contribution in [3.63, 3.8) is 0 Å². The zero-order valence-corrected chi connectivity index (χ0v) is 18.5. The Kier molecular flexibility index (Phi) is 6.54. The molecule has 2 heterocycles. The summed E-state index contributed by atoms with van der Waals surface area (Å²) in [5.41, 5.74) is 5.72. The van der Waals surface area contributed by atoms with Gasteiger partial charge in [0.2, 0.25) is 0 Å². The van der Waals surface area contributed by atoms with E-state index < -0.39 is 0 Å². The Labute approximate surface area is 179 Å². The normalized spacial score (nSPS) is 19.2. The molecule has 1 atom stereocenters. The summed E-state index contributed by atoms with van der Waals surface area (Å²) < 4.78 is 7.53. The highest BCUT2D eigenvalue weighted by Crippen LogP contribution is 2.27.